The van der Waals surface area contributed by atoms with Crippen LogP contribution in [0.15, 0.2) is 41.3 Å². The summed E-state index contributed by atoms with van der Waals surface area (Å²) in [4.78, 5) is 20.5. The molecule has 1 amide bonds. The zero-order valence-electron chi connectivity index (χ0n) is 19.9. The number of carbonyl (C=O) groups is 1. The van der Waals surface area contributed by atoms with Gasteiger partial charge < -0.3 is 14.4 Å². The van der Waals surface area contributed by atoms with Gasteiger partial charge in [0, 0.05) is 44.2 Å². The quantitative estimate of drug-likeness (QED) is 0.537. The van der Waals surface area contributed by atoms with E-state index < -0.39 is 0 Å². The van der Waals surface area contributed by atoms with Gasteiger partial charge in [0.1, 0.15) is 0 Å². The summed E-state index contributed by atoms with van der Waals surface area (Å²) in [6.45, 7) is 7.45. The van der Waals surface area contributed by atoms with Crippen LogP contribution in [-0.2, 0) is 17.9 Å². The van der Waals surface area contributed by atoms with Crippen LogP contribution in [0.4, 0.5) is 0 Å². The van der Waals surface area contributed by atoms with Crippen molar-refractivity contribution < 1.29 is 14.3 Å². The Balaban J connectivity index is 1.48. The van der Waals surface area contributed by atoms with Gasteiger partial charge in [0.25, 0.3) is 0 Å². The number of hydrogen-bond acceptors (Lipinski definition) is 6. The molecule has 2 aromatic rings. The van der Waals surface area contributed by atoms with E-state index in [-0.39, 0.29) is 5.91 Å². The third kappa shape index (κ3) is 6.40. The molecule has 0 aliphatic carbocycles. The summed E-state index contributed by atoms with van der Waals surface area (Å²) in [5, 5.41) is 0. The first kappa shape index (κ1) is 24.4. The number of piperazine rings is 1. The number of nitrogens with zero attached hydrogens (tertiary/aromatic N) is 3. The van der Waals surface area contributed by atoms with Gasteiger partial charge in [-0.15, -0.1) is 11.8 Å². The number of hydrogen-bond donors (Lipinski definition) is 0. The number of carbonyl (C=O) groups excluding carboxylic acids is 1. The lowest BCUT2D eigenvalue weighted by Crippen LogP contribution is -2.50. The second kappa shape index (κ2) is 11.6. The van der Waals surface area contributed by atoms with E-state index in [0.29, 0.717) is 6.54 Å². The van der Waals surface area contributed by atoms with E-state index in [9.17, 15) is 4.79 Å². The number of benzene rings is 2. The molecule has 32 heavy (non-hydrogen) atoms. The molecule has 3 rings (SSSR count). The summed E-state index contributed by atoms with van der Waals surface area (Å²) >= 11 is 1.74. The summed E-state index contributed by atoms with van der Waals surface area (Å²) in [5.74, 6) is 1.72. The Morgan fingerprint density at radius 2 is 1.66 bits per heavy atom. The predicted octanol–water partition coefficient (Wildman–Crippen LogP) is 3.51. The number of thioether (sulfide) groups is 1. The largest absolute Gasteiger partial charge is 0.493 e. The van der Waals surface area contributed by atoms with Gasteiger partial charge in [-0.3, -0.25) is 14.6 Å². The molecule has 1 aliphatic rings. The Hall–Kier alpha value is -2.22. The van der Waals surface area contributed by atoms with Gasteiger partial charge in [-0.1, -0.05) is 12.1 Å². The first-order valence-electron chi connectivity index (χ1n) is 11.0. The van der Waals surface area contributed by atoms with Crippen LogP contribution >= 0.6 is 11.8 Å². The number of methoxy groups -OCH3 is 2. The molecule has 0 aromatic heterocycles. The van der Waals surface area contributed by atoms with E-state index in [2.05, 4.69) is 53.3 Å². The minimum Gasteiger partial charge on any atom is -0.493 e. The fourth-order valence-corrected chi connectivity index (χ4v) is 4.43. The summed E-state index contributed by atoms with van der Waals surface area (Å²) in [6, 6.07) is 12.6. The molecule has 0 saturated carbocycles. The highest BCUT2D eigenvalue weighted by atomic mass is 32.2. The van der Waals surface area contributed by atoms with Gasteiger partial charge in [0.15, 0.2) is 11.5 Å². The average molecular weight is 458 g/mol. The monoisotopic (exact) mass is 457 g/mol. The van der Waals surface area contributed by atoms with Crippen molar-refractivity contribution in [2.24, 2.45) is 0 Å². The topological polar surface area (TPSA) is 45.2 Å². The molecule has 0 spiro atoms. The molecular formula is C25H35N3O3S. The molecule has 1 heterocycles. The summed E-state index contributed by atoms with van der Waals surface area (Å²) in [5.41, 5.74) is 3.65. The van der Waals surface area contributed by atoms with Gasteiger partial charge in [0.05, 0.1) is 20.8 Å². The van der Waals surface area contributed by atoms with Gasteiger partial charge in [0.2, 0.25) is 5.91 Å². The Kier molecular flexibility index (Phi) is 8.84. The Labute approximate surface area is 196 Å². The molecule has 1 saturated heterocycles. The van der Waals surface area contributed by atoms with Crippen LogP contribution in [0, 0.1) is 6.92 Å². The molecule has 2 aromatic carbocycles. The first-order valence-corrected chi connectivity index (χ1v) is 12.2. The molecular weight excluding hydrogens is 422 g/mol. The van der Waals surface area contributed by atoms with Crippen molar-refractivity contribution in [3.05, 3.63) is 53.1 Å². The van der Waals surface area contributed by atoms with Crippen LogP contribution < -0.4 is 9.47 Å². The first-order chi connectivity index (χ1) is 15.4. The Morgan fingerprint density at radius 1 is 1.03 bits per heavy atom. The smallest absolute Gasteiger partial charge is 0.236 e. The maximum Gasteiger partial charge on any atom is 0.236 e. The fourth-order valence-electron chi connectivity index (χ4n) is 4.02. The normalized spacial score (nSPS) is 14.6. The van der Waals surface area contributed by atoms with Crippen molar-refractivity contribution in [1.82, 2.24) is 14.7 Å². The van der Waals surface area contributed by atoms with Crippen molar-refractivity contribution in [2.75, 3.05) is 60.2 Å². The van der Waals surface area contributed by atoms with Gasteiger partial charge >= 0.3 is 0 Å². The highest BCUT2D eigenvalue weighted by Crippen LogP contribution is 2.31. The fraction of sp³-hybridized carbons (Fsp3) is 0.480. The molecule has 6 nitrogen and oxygen atoms in total. The molecule has 0 unspecified atom stereocenters. The Bertz CT molecular complexity index is 896. The molecule has 7 heteroatoms. The molecule has 1 fully saturated rings. The van der Waals surface area contributed by atoms with Gasteiger partial charge in [-0.05, 0) is 61.2 Å². The molecule has 0 N–H and O–H groups in total. The highest BCUT2D eigenvalue weighted by molar-refractivity contribution is 7.98. The number of ether oxygens (including phenoxy) is 2. The maximum absolute atomic E-state index is 12.8. The second-order valence-electron chi connectivity index (χ2n) is 8.31. The van der Waals surface area contributed by atoms with Crippen LogP contribution in [-0.4, -0.2) is 80.9 Å². The minimum absolute atomic E-state index is 0.204. The lowest BCUT2D eigenvalue weighted by molar-refractivity contribution is -0.134. The zero-order valence-corrected chi connectivity index (χ0v) is 20.7. The van der Waals surface area contributed by atoms with Crippen LogP contribution in [0.1, 0.15) is 16.7 Å². The third-order valence-electron chi connectivity index (χ3n) is 5.98. The Morgan fingerprint density at radius 3 is 2.25 bits per heavy atom. The average Bonchev–Trinajstić information content (AvgIpc) is 2.80. The van der Waals surface area contributed by atoms with E-state index in [4.69, 9.17) is 9.47 Å². The van der Waals surface area contributed by atoms with Gasteiger partial charge in [-0.2, -0.15) is 0 Å². The molecule has 1 aliphatic heterocycles. The van der Waals surface area contributed by atoms with E-state index >= 15 is 0 Å². The number of rotatable bonds is 9. The molecule has 0 radical (unpaired) electrons. The van der Waals surface area contributed by atoms with Crippen LogP contribution in [0.5, 0.6) is 11.5 Å². The maximum atomic E-state index is 12.8. The lowest BCUT2D eigenvalue weighted by atomic mass is 10.1. The van der Waals surface area contributed by atoms with E-state index in [1.54, 1.807) is 26.0 Å². The lowest BCUT2D eigenvalue weighted by Gasteiger charge is -2.35. The van der Waals surface area contributed by atoms with E-state index in [1.165, 1.54) is 21.6 Å². The van der Waals surface area contributed by atoms with Crippen molar-refractivity contribution in [3.63, 3.8) is 0 Å². The third-order valence-corrected chi connectivity index (χ3v) is 6.72. The van der Waals surface area contributed by atoms with E-state index in [0.717, 1.165) is 50.8 Å². The highest BCUT2D eigenvalue weighted by Gasteiger charge is 2.22. The number of aryl methyl sites for hydroxylation is 1. The summed E-state index contributed by atoms with van der Waals surface area (Å²) < 4.78 is 10.9. The van der Waals surface area contributed by atoms with Crippen molar-refractivity contribution in [2.45, 2.75) is 24.9 Å². The summed E-state index contributed by atoms with van der Waals surface area (Å²) in [6.07, 6.45) is 2.08. The van der Waals surface area contributed by atoms with Crippen molar-refractivity contribution in [1.29, 1.82) is 0 Å². The van der Waals surface area contributed by atoms with Crippen LogP contribution in [0.25, 0.3) is 0 Å². The number of likely N-dealkylation sites (N-methyl/N-ethyl adjacent to an activating group) is 1. The standard InChI is InChI=1S/C25H35N3O3S/c1-19-14-23(30-3)24(31-4)15-21(19)17-27-10-12-28(13-11-27)25(29)18-26(2)16-20-6-8-22(32-5)9-7-20/h6-9,14-15H,10-13,16-18H2,1-5H3. The zero-order chi connectivity index (χ0) is 23.1. The number of amides is 1. The molecule has 0 atom stereocenters. The molecule has 0 bridgehead atoms. The minimum atomic E-state index is 0.204. The van der Waals surface area contributed by atoms with Crippen molar-refractivity contribution in [3.8, 4) is 11.5 Å². The molecule has 174 valence electrons. The van der Waals surface area contributed by atoms with Crippen molar-refractivity contribution >= 4 is 17.7 Å². The summed E-state index contributed by atoms with van der Waals surface area (Å²) in [7, 11) is 5.33. The predicted molar refractivity (Wildman–Crippen MR) is 131 cm³/mol. The van der Waals surface area contributed by atoms with E-state index in [1.807, 2.05) is 18.0 Å². The SMILES string of the molecule is COc1cc(C)c(CN2CCN(C(=O)CN(C)Cc3ccc(SC)cc3)CC2)cc1OC. The van der Waals surface area contributed by atoms with Gasteiger partial charge in [-0.25, -0.2) is 0 Å². The van der Waals surface area contributed by atoms with Crippen LogP contribution in [0.2, 0.25) is 0 Å². The second-order valence-corrected chi connectivity index (χ2v) is 9.19. The van der Waals surface area contributed by atoms with Crippen LogP contribution in [0.3, 0.4) is 0 Å².